The van der Waals surface area contributed by atoms with E-state index in [1.54, 1.807) is 5.92 Å². The average Bonchev–Trinajstić information content (AvgIpc) is 2.95. The van der Waals surface area contributed by atoms with Gasteiger partial charge in [-0.25, -0.2) is 8.78 Å². The normalized spacial score (nSPS) is 31.2. The predicted octanol–water partition coefficient (Wildman–Crippen LogP) is -0.574. The minimum atomic E-state index is -2.78. The van der Waals surface area contributed by atoms with Crippen molar-refractivity contribution in [1.82, 2.24) is 14.5 Å². The summed E-state index contributed by atoms with van der Waals surface area (Å²) < 4.78 is 35.4. The molecular formula is C14H14F2N4O4. The minimum absolute atomic E-state index is 0.297. The van der Waals surface area contributed by atoms with Gasteiger partial charge < -0.3 is 20.7 Å². The highest BCUT2D eigenvalue weighted by atomic mass is 19.1. The number of halogens is 2. The second kappa shape index (κ2) is 5.27. The van der Waals surface area contributed by atoms with Crippen LogP contribution in [0.25, 0.3) is 11.0 Å². The highest BCUT2D eigenvalue weighted by Gasteiger charge is 2.59. The minimum Gasteiger partial charge on any atom is -0.391 e. The molecule has 1 fully saturated rings. The molecule has 0 aromatic carbocycles. The van der Waals surface area contributed by atoms with Crippen molar-refractivity contribution in [1.29, 1.82) is 0 Å². The van der Waals surface area contributed by atoms with Crippen molar-refractivity contribution >= 4 is 17.0 Å². The molecule has 10 heteroatoms. The first-order valence-electron chi connectivity index (χ1n) is 6.94. The highest BCUT2D eigenvalue weighted by molar-refractivity contribution is 5.77. The number of nitrogens with one attached hydrogen (secondary N) is 1. The fourth-order valence-corrected chi connectivity index (χ4v) is 2.82. The van der Waals surface area contributed by atoms with Crippen LogP contribution >= 0.6 is 0 Å². The van der Waals surface area contributed by atoms with Crippen molar-refractivity contribution in [3.8, 4) is 12.3 Å². The van der Waals surface area contributed by atoms with E-state index in [2.05, 4.69) is 9.97 Å². The summed E-state index contributed by atoms with van der Waals surface area (Å²) in [6, 6.07) is 0. The van der Waals surface area contributed by atoms with Crippen LogP contribution in [0, 0.1) is 18.2 Å². The summed E-state index contributed by atoms with van der Waals surface area (Å²) in [5.74, 6) is 0.479. The first-order valence-corrected chi connectivity index (χ1v) is 6.94. The lowest BCUT2D eigenvalue weighted by atomic mass is 9.95. The predicted molar refractivity (Wildman–Crippen MR) is 79.0 cm³/mol. The van der Waals surface area contributed by atoms with Crippen LogP contribution in [0.4, 0.5) is 14.7 Å². The van der Waals surface area contributed by atoms with Gasteiger partial charge in [-0.1, -0.05) is 5.92 Å². The number of hydrogen-bond acceptors (Lipinski definition) is 6. The van der Waals surface area contributed by atoms with Gasteiger partial charge in [-0.05, 0) is 6.92 Å². The van der Waals surface area contributed by atoms with Crippen molar-refractivity contribution in [2.24, 2.45) is 0 Å². The van der Waals surface area contributed by atoms with Gasteiger partial charge in [-0.2, -0.15) is 4.98 Å². The molecule has 8 nitrogen and oxygen atoms in total. The Labute approximate surface area is 133 Å². The fourth-order valence-electron chi connectivity index (χ4n) is 2.82. The van der Waals surface area contributed by atoms with Crippen LogP contribution in [0.1, 0.15) is 13.2 Å². The molecule has 1 aliphatic heterocycles. The number of aliphatic hydroxyl groups excluding tert-OH is 2. The number of nitrogens with zero attached hydrogens (tertiary/aromatic N) is 2. The number of hydrogen-bond donors (Lipinski definition) is 4. The topological polar surface area (TPSA) is 126 Å². The van der Waals surface area contributed by atoms with Gasteiger partial charge >= 0.3 is 0 Å². The lowest BCUT2D eigenvalue weighted by Gasteiger charge is -2.24. The van der Waals surface area contributed by atoms with Gasteiger partial charge in [0.05, 0.1) is 6.10 Å². The standard InChI is InChI=1S/C14H14F2N4O4/c1-3-14(16)9(22)8(5(2)21)24-12(14)20-4-6(15)7-10(20)18-13(17)19-11(7)23/h1,4-5,8-9,12,21-22H,2H3,(H3,17,18,19,23)/t5-,8-,9?,12-,14-/m1/s1. The SMILES string of the molecule is C#C[C@@]1(F)C(O)[C@@H]([C@@H](C)O)O[C@H]1n1cc(F)c2c(=O)[nH]c(N)nc21. The molecule has 24 heavy (non-hydrogen) atoms. The Hall–Kier alpha value is -2.48. The van der Waals surface area contributed by atoms with E-state index in [1.807, 2.05) is 0 Å². The van der Waals surface area contributed by atoms with E-state index in [9.17, 15) is 19.4 Å². The van der Waals surface area contributed by atoms with E-state index >= 15 is 4.39 Å². The molecule has 0 aliphatic carbocycles. The van der Waals surface area contributed by atoms with Gasteiger partial charge in [-0.3, -0.25) is 14.3 Å². The zero-order valence-electron chi connectivity index (χ0n) is 12.4. The van der Waals surface area contributed by atoms with Crippen LogP contribution in [0.5, 0.6) is 0 Å². The molecule has 0 saturated carbocycles. The summed E-state index contributed by atoms with van der Waals surface area (Å²) >= 11 is 0. The van der Waals surface area contributed by atoms with Gasteiger partial charge in [0.1, 0.15) is 17.6 Å². The summed E-state index contributed by atoms with van der Waals surface area (Å²) in [6.07, 6.45) is -0.208. The number of anilines is 1. The molecule has 0 radical (unpaired) electrons. The smallest absolute Gasteiger partial charge is 0.264 e. The molecule has 3 rings (SSSR count). The number of nitrogen functional groups attached to an aromatic ring is 1. The highest BCUT2D eigenvalue weighted by Crippen LogP contribution is 2.43. The molecule has 1 unspecified atom stereocenters. The molecule has 0 spiro atoms. The summed E-state index contributed by atoms with van der Waals surface area (Å²) in [4.78, 5) is 17.7. The largest absolute Gasteiger partial charge is 0.391 e. The van der Waals surface area contributed by atoms with Crippen molar-refractivity contribution in [3.63, 3.8) is 0 Å². The van der Waals surface area contributed by atoms with Crippen molar-refractivity contribution in [2.75, 3.05) is 5.73 Å². The summed E-state index contributed by atoms with van der Waals surface area (Å²) in [6.45, 7) is 1.28. The number of aromatic nitrogens is 3. The van der Waals surface area contributed by atoms with E-state index < -0.39 is 47.0 Å². The lowest BCUT2D eigenvalue weighted by molar-refractivity contribution is -0.0776. The third kappa shape index (κ3) is 2.10. The fraction of sp³-hybridized carbons (Fsp3) is 0.429. The van der Waals surface area contributed by atoms with E-state index in [4.69, 9.17) is 16.9 Å². The molecule has 3 heterocycles. The average molecular weight is 340 g/mol. The molecule has 2 aromatic heterocycles. The monoisotopic (exact) mass is 340 g/mol. The van der Waals surface area contributed by atoms with Crippen molar-refractivity contribution in [3.05, 3.63) is 22.4 Å². The van der Waals surface area contributed by atoms with Crippen LogP contribution in [0.2, 0.25) is 0 Å². The first-order chi connectivity index (χ1) is 11.2. The third-order valence-corrected chi connectivity index (χ3v) is 3.99. The van der Waals surface area contributed by atoms with Gasteiger partial charge in [0, 0.05) is 6.20 Å². The molecule has 0 amide bonds. The van der Waals surface area contributed by atoms with Crippen LogP contribution in [0.3, 0.4) is 0 Å². The molecule has 5 N–H and O–H groups in total. The number of rotatable bonds is 2. The van der Waals surface area contributed by atoms with Crippen LogP contribution in [0.15, 0.2) is 11.0 Å². The number of fused-ring (bicyclic) bond motifs is 1. The number of alkyl halides is 1. The summed E-state index contributed by atoms with van der Waals surface area (Å²) in [5.41, 5.74) is 1.51. The number of ether oxygens (including phenoxy) is 1. The van der Waals surface area contributed by atoms with E-state index in [0.29, 0.717) is 0 Å². The van der Waals surface area contributed by atoms with Crippen molar-refractivity contribution in [2.45, 2.75) is 37.1 Å². The van der Waals surface area contributed by atoms with Gasteiger partial charge in [0.2, 0.25) is 11.6 Å². The van der Waals surface area contributed by atoms with E-state index in [-0.39, 0.29) is 11.6 Å². The number of nitrogens with two attached hydrogens (primary N) is 1. The Morgan fingerprint density at radius 2 is 2.33 bits per heavy atom. The number of aromatic amines is 1. The molecule has 5 atom stereocenters. The third-order valence-electron chi connectivity index (χ3n) is 3.99. The molecule has 128 valence electrons. The molecule has 2 aromatic rings. The van der Waals surface area contributed by atoms with Gasteiger partial charge in [0.25, 0.3) is 5.56 Å². The zero-order valence-corrected chi connectivity index (χ0v) is 12.4. The van der Waals surface area contributed by atoms with E-state index in [0.717, 1.165) is 10.8 Å². The molecule has 0 bridgehead atoms. The zero-order chi connectivity index (χ0) is 17.8. The Kier molecular flexibility index (Phi) is 3.60. The number of aliphatic hydroxyl groups is 2. The maximum absolute atomic E-state index is 15.1. The Morgan fingerprint density at radius 3 is 2.92 bits per heavy atom. The van der Waals surface area contributed by atoms with Crippen LogP contribution in [-0.4, -0.2) is 48.7 Å². The first kappa shape index (κ1) is 16.4. The molecule has 1 saturated heterocycles. The van der Waals surface area contributed by atoms with E-state index in [1.165, 1.54) is 6.92 Å². The Morgan fingerprint density at radius 1 is 1.67 bits per heavy atom. The van der Waals surface area contributed by atoms with Crippen LogP contribution < -0.4 is 11.3 Å². The number of terminal acetylenes is 1. The second-order valence-electron chi connectivity index (χ2n) is 5.58. The maximum atomic E-state index is 15.1. The summed E-state index contributed by atoms with van der Waals surface area (Å²) in [5, 5.41) is 19.2. The maximum Gasteiger partial charge on any atom is 0.264 e. The van der Waals surface area contributed by atoms with Crippen molar-refractivity contribution < 1.29 is 23.7 Å². The lowest BCUT2D eigenvalue weighted by Crippen LogP contribution is -2.43. The quantitative estimate of drug-likeness (QED) is 0.542. The second-order valence-corrected chi connectivity index (χ2v) is 5.58. The Bertz CT molecular complexity index is 903. The van der Waals surface area contributed by atoms with Crippen LogP contribution in [-0.2, 0) is 4.74 Å². The van der Waals surface area contributed by atoms with Gasteiger partial charge in [-0.15, -0.1) is 6.42 Å². The Balaban J connectivity index is 2.24. The van der Waals surface area contributed by atoms with Gasteiger partial charge in [0.15, 0.2) is 17.7 Å². The molecular weight excluding hydrogens is 326 g/mol. The number of H-pyrrole nitrogens is 1. The summed E-state index contributed by atoms with van der Waals surface area (Å²) in [7, 11) is 0. The molecule has 1 aliphatic rings.